The van der Waals surface area contributed by atoms with Crippen molar-refractivity contribution >= 4 is 0 Å². The van der Waals surface area contributed by atoms with Crippen LogP contribution in [0.1, 0.15) is 31.9 Å². The SMILES string of the molecule is CC1CCN(CCCNCc2ccc[nH]2)CC1. The Morgan fingerprint density at radius 1 is 1.41 bits per heavy atom. The van der Waals surface area contributed by atoms with Crippen molar-refractivity contribution in [3.63, 3.8) is 0 Å². The van der Waals surface area contributed by atoms with Gasteiger partial charge in [0.25, 0.3) is 0 Å². The van der Waals surface area contributed by atoms with Crippen LogP contribution in [-0.4, -0.2) is 36.1 Å². The number of hydrogen-bond donors (Lipinski definition) is 2. The minimum absolute atomic E-state index is 0.942. The molecule has 1 aliphatic rings. The topological polar surface area (TPSA) is 31.1 Å². The Bertz CT molecular complexity index is 286. The van der Waals surface area contributed by atoms with Crippen LogP contribution in [-0.2, 0) is 6.54 Å². The molecule has 1 aliphatic heterocycles. The van der Waals surface area contributed by atoms with Crippen LogP contribution in [0.2, 0.25) is 0 Å². The molecule has 2 heterocycles. The molecule has 0 aromatic carbocycles. The average molecular weight is 235 g/mol. The summed E-state index contributed by atoms with van der Waals surface area (Å²) >= 11 is 0. The van der Waals surface area contributed by atoms with Gasteiger partial charge in [-0.05, 0) is 63.5 Å². The van der Waals surface area contributed by atoms with Crippen LogP contribution in [0.3, 0.4) is 0 Å². The molecule has 1 aromatic heterocycles. The van der Waals surface area contributed by atoms with Gasteiger partial charge in [0.2, 0.25) is 0 Å². The maximum absolute atomic E-state index is 3.48. The van der Waals surface area contributed by atoms with Gasteiger partial charge < -0.3 is 15.2 Å². The lowest BCUT2D eigenvalue weighted by atomic mass is 9.99. The molecule has 1 saturated heterocycles. The minimum Gasteiger partial charge on any atom is -0.364 e. The van der Waals surface area contributed by atoms with E-state index in [-0.39, 0.29) is 0 Å². The Labute approximate surface area is 105 Å². The summed E-state index contributed by atoms with van der Waals surface area (Å²) < 4.78 is 0. The molecule has 0 unspecified atom stereocenters. The van der Waals surface area contributed by atoms with Gasteiger partial charge in [-0.15, -0.1) is 0 Å². The number of aromatic amines is 1. The minimum atomic E-state index is 0.942. The summed E-state index contributed by atoms with van der Waals surface area (Å²) in [5.74, 6) is 0.942. The molecular weight excluding hydrogens is 210 g/mol. The summed E-state index contributed by atoms with van der Waals surface area (Å²) in [6, 6.07) is 4.17. The van der Waals surface area contributed by atoms with Crippen molar-refractivity contribution in [1.29, 1.82) is 0 Å². The molecule has 2 rings (SSSR count). The maximum Gasteiger partial charge on any atom is 0.0357 e. The molecule has 3 heteroatoms. The van der Waals surface area contributed by atoms with Crippen LogP contribution in [0.15, 0.2) is 18.3 Å². The molecular formula is C14H25N3. The summed E-state index contributed by atoms with van der Waals surface area (Å²) in [5.41, 5.74) is 1.27. The Morgan fingerprint density at radius 2 is 2.24 bits per heavy atom. The highest BCUT2D eigenvalue weighted by molar-refractivity contribution is 5.02. The quantitative estimate of drug-likeness (QED) is 0.741. The van der Waals surface area contributed by atoms with Gasteiger partial charge in [0.15, 0.2) is 0 Å². The molecule has 0 aliphatic carbocycles. The van der Waals surface area contributed by atoms with E-state index in [4.69, 9.17) is 0 Å². The van der Waals surface area contributed by atoms with E-state index >= 15 is 0 Å². The van der Waals surface area contributed by atoms with Crippen molar-refractivity contribution in [1.82, 2.24) is 15.2 Å². The molecule has 3 nitrogen and oxygen atoms in total. The Hall–Kier alpha value is -0.800. The summed E-state index contributed by atoms with van der Waals surface area (Å²) in [5, 5.41) is 3.48. The highest BCUT2D eigenvalue weighted by atomic mass is 15.1. The highest BCUT2D eigenvalue weighted by Crippen LogP contribution is 2.15. The van der Waals surface area contributed by atoms with Crippen LogP contribution in [0.25, 0.3) is 0 Å². The van der Waals surface area contributed by atoms with Gasteiger partial charge in [-0.25, -0.2) is 0 Å². The van der Waals surface area contributed by atoms with Gasteiger partial charge in [-0.1, -0.05) is 6.92 Å². The first-order valence-electron chi connectivity index (χ1n) is 6.90. The monoisotopic (exact) mass is 235 g/mol. The molecule has 0 bridgehead atoms. The van der Waals surface area contributed by atoms with Crippen LogP contribution in [0.4, 0.5) is 0 Å². The number of nitrogens with zero attached hydrogens (tertiary/aromatic N) is 1. The molecule has 17 heavy (non-hydrogen) atoms. The van der Waals surface area contributed by atoms with Crippen molar-refractivity contribution in [2.45, 2.75) is 32.7 Å². The maximum atomic E-state index is 3.48. The van der Waals surface area contributed by atoms with E-state index in [0.717, 1.165) is 19.0 Å². The van der Waals surface area contributed by atoms with E-state index < -0.39 is 0 Å². The Morgan fingerprint density at radius 3 is 2.94 bits per heavy atom. The van der Waals surface area contributed by atoms with Crippen LogP contribution in [0, 0.1) is 5.92 Å². The van der Waals surface area contributed by atoms with Gasteiger partial charge in [-0.3, -0.25) is 0 Å². The van der Waals surface area contributed by atoms with Gasteiger partial charge in [0, 0.05) is 18.4 Å². The standard InChI is InChI=1S/C14H25N3/c1-13-5-10-17(11-6-13)9-3-7-15-12-14-4-2-8-16-14/h2,4,8,13,15-16H,3,5-7,9-12H2,1H3. The number of nitrogens with one attached hydrogen (secondary N) is 2. The fourth-order valence-corrected chi connectivity index (χ4v) is 2.41. The second-order valence-corrected chi connectivity index (χ2v) is 5.25. The van der Waals surface area contributed by atoms with Crippen molar-refractivity contribution < 1.29 is 0 Å². The van der Waals surface area contributed by atoms with E-state index in [1.54, 1.807) is 0 Å². The number of rotatable bonds is 6. The van der Waals surface area contributed by atoms with Crippen molar-refractivity contribution in [2.24, 2.45) is 5.92 Å². The molecule has 2 N–H and O–H groups in total. The Kier molecular flexibility index (Phi) is 5.08. The number of hydrogen-bond acceptors (Lipinski definition) is 2. The Balaban J connectivity index is 1.49. The summed E-state index contributed by atoms with van der Waals surface area (Å²) in [6.07, 6.45) is 6.01. The predicted molar refractivity (Wildman–Crippen MR) is 72.0 cm³/mol. The molecule has 96 valence electrons. The molecule has 0 saturated carbocycles. The third-order valence-electron chi connectivity index (χ3n) is 3.68. The van der Waals surface area contributed by atoms with Gasteiger partial charge >= 0.3 is 0 Å². The fourth-order valence-electron chi connectivity index (χ4n) is 2.41. The first kappa shape index (κ1) is 12.7. The average Bonchev–Trinajstić information content (AvgIpc) is 2.84. The van der Waals surface area contributed by atoms with Gasteiger partial charge in [0.05, 0.1) is 0 Å². The lowest BCUT2D eigenvalue weighted by Crippen LogP contribution is -2.34. The van der Waals surface area contributed by atoms with E-state index in [2.05, 4.69) is 28.2 Å². The van der Waals surface area contributed by atoms with E-state index in [9.17, 15) is 0 Å². The molecule has 0 amide bonds. The summed E-state index contributed by atoms with van der Waals surface area (Å²) in [4.78, 5) is 5.82. The van der Waals surface area contributed by atoms with Gasteiger partial charge in [0.1, 0.15) is 0 Å². The lowest BCUT2D eigenvalue weighted by molar-refractivity contribution is 0.190. The fraction of sp³-hybridized carbons (Fsp3) is 0.714. The first-order chi connectivity index (χ1) is 8.34. The van der Waals surface area contributed by atoms with E-state index in [0.29, 0.717) is 0 Å². The number of H-pyrrole nitrogens is 1. The third kappa shape index (κ3) is 4.52. The van der Waals surface area contributed by atoms with Crippen molar-refractivity contribution in [3.8, 4) is 0 Å². The second kappa shape index (κ2) is 6.82. The second-order valence-electron chi connectivity index (χ2n) is 5.25. The first-order valence-corrected chi connectivity index (χ1v) is 6.90. The molecule has 0 spiro atoms. The van der Waals surface area contributed by atoms with Crippen LogP contribution >= 0.6 is 0 Å². The molecule has 0 radical (unpaired) electrons. The summed E-state index contributed by atoms with van der Waals surface area (Å²) in [7, 11) is 0. The van der Waals surface area contributed by atoms with Crippen LogP contribution < -0.4 is 5.32 Å². The van der Waals surface area contributed by atoms with E-state index in [1.807, 2.05) is 12.3 Å². The predicted octanol–water partition coefficient (Wildman–Crippen LogP) is 2.23. The smallest absolute Gasteiger partial charge is 0.0357 e. The number of piperidine rings is 1. The third-order valence-corrected chi connectivity index (χ3v) is 3.68. The zero-order valence-electron chi connectivity index (χ0n) is 10.9. The highest BCUT2D eigenvalue weighted by Gasteiger charge is 2.14. The molecule has 1 aromatic rings. The van der Waals surface area contributed by atoms with Crippen molar-refractivity contribution in [2.75, 3.05) is 26.2 Å². The number of likely N-dealkylation sites (tertiary alicyclic amines) is 1. The largest absolute Gasteiger partial charge is 0.364 e. The molecule has 0 atom stereocenters. The number of aromatic nitrogens is 1. The summed E-state index contributed by atoms with van der Waals surface area (Å²) in [6.45, 7) is 8.31. The molecule has 1 fully saturated rings. The van der Waals surface area contributed by atoms with Gasteiger partial charge in [-0.2, -0.15) is 0 Å². The van der Waals surface area contributed by atoms with E-state index in [1.165, 1.54) is 44.6 Å². The lowest BCUT2D eigenvalue weighted by Gasteiger charge is -2.30. The normalized spacial score (nSPS) is 18.6. The van der Waals surface area contributed by atoms with Crippen molar-refractivity contribution in [3.05, 3.63) is 24.0 Å². The zero-order valence-corrected chi connectivity index (χ0v) is 10.9. The zero-order chi connectivity index (χ0) is 11.9. The van der Waals surface area contributed by atoms with Crippen LogP contribution in [0.5, 0.6) is 0 Å².